The standard InChI is InChI=1S/C19H17F3N2O4/c1-2-11-5-3-8-14(17(11)18(27)28)24-16(26)10-15(25)23-13-7-4-6-12(9-13)19(20,21)22/h3-9H,2,10H2,1H3,(H,23,25)(H,24,26)(H,27,28). The molecule has 0 aliphatic carbocycles. The highest BCUT2D eigenvalue weighted by molar-refractivity contribution is 6.10. The molecule has 28 heavy (non-hydrogen) atoms. The summed E-state index contributed by atoms with van der Waals surface area (Å²) in [5.74, 6) is -2.85. The molecule has 0 unspecified atom stereocenters. The fraction of sp³-hybridized carbons (Fsp3) is 0.211. The quantitative estimate of drug-likeness (QED) is 0.647. The fourth-order valence-corrected chi connectivity index (χ4v) is 2.57. The first-order valence-corrected chi connectivity index (χ1v) is 8.24. The van der Waals surface area contributed by atoms with Gasteiger partial charge in [-0.1, -0.05) is 25.1 Å². The maximum absolute atomic E-state index is 12.7. The third kappa shape index (κ3) is 5.32. The van der Waals surface area contributed by atoms with Crippen LogP contribution in [0, 0.1) is 0 Å². The number of alkyl halides is 3. The lowest BCUT2D eigenvalue weighted by Crippen LogP contribution is -2.23. The Morgan fingerprint density at radius 3 is 2.25 bits per heavy atom. The SMILES string of the molecule is CCc1cccc(NC(=O)CC(=O)Nc2cccc(C(F)(F)F)c2)c1C(=O)O. The van der Waals surface area contributed by atoms with Crippen LogP contribution in [0.4, 0.5) is 24.5 Å². The van der Waals surface area contributed by atoms with Gasteiger partial charge in [-0.15, -0.1) is 0 Å². The van der Waals surface area contributed by atoms with Crippen molar-refractivity contribution < 1.29 is 32.7 Å². The second-order valence-electron chi connectivity index (χ2n) is 5.85. The Kier molecular flexibility index (Phi) is 6.40. The van der Waals surface area contributed by atoms with Crippen LogP contribution in [0.15, 0.2) is 42.5 Å². The minimum atomic E-state index is -4.56. The van der Waals surface area contributed by atoms with Gasteiger partial charge < -0.3 is 15.7 Å². The number of nitrogens with one attached hydrogen (secondary N) is 2. The Hall–Kier alpha value is -3.36. The largest absolute Gasteiger partial charge is 0.478 e. The number of carbonyl (C=O) groups excluding carboxylic acids is 2. The first kappa shape index (κ1) is 20.9. The van der Waals surface area contributed by atoms with E-state index in [1.54, 1.807) is 19.1 Å². The van der Waals surface area contributed by atoms with Gasteiger partial charge in [-0.3, -0.25) is 9.59 Å². The summed E-state index contributed by atoms with van der Waals surface area (Å²) in [6, 6.07) is 8.58. The van der Waals surface area contributed by atoms with Gasteiger partial charge in [0, 0.05) is 5.69 Å². The first-order valence-electron chi connectivity index (χ1n) is 8.24. The molecule has 2 rings (SSSR count). The molecule has 2 aromatic rings. The lowest BCUT2D eigenvalue weighted by atomic mass is 10.0. The number of aromatic carboxylic acids is 1. The molecule has 6 nitrogen and oxygen atoms in total. The molecule has 0 aliphatic heterocycles. The van der Waals surface area contributed by atoms with E-state index in [2.05, 4.69) is 10.6 Å². The van der Waals surface area contributed by atoms with Crippen LogP contribution in [0.2, 0.25) is 0 Å². The van der Waals surface area contributed by atoms with E-state index in [1.807, 2.05) is 0 Å². The van der Waals surface area contributed by atoms with E-state index in [0.29, 0.717) is 12.0 Å². The van der Waals surface area contributed by atoms with E-state index in [-0.39, 0.29) is 16.9 Å². The summed E-state index contributed by atoms with van der Waals surface area (Å²) in [5.41, 5.74) is -0.553. The van der Waals surface area contributed by atoms with Crippen molar-refractivity contribution in [2.45, 2.75) is 25.9 Å². The normalized spacial score (nSPS) is 11.0. The van der Waals surface area contributed by atoms with Gasteiger partial charge in [0.15, 0.2) is 0 Å². The zero-order valence-electron chi connectivity index (χ0n) is 14.8. The van der Waals surface area contributed by atoms with Gasteiger partial charge in [0.1, 0.15) is 6.42 Å². The highest BCUT2D eigenvalue weighted by atomic mass is 19.4. The number of aryl methyl sites for hydroxylation is 1. The minimum absolute atomic E-state index is 0.0451. The van der Waals surface area contributed by atoms with Crippen LogP contribution in [-0.2, 0) is 22.2 Å². The van der Waals surface area contributed by atoms with Gasteiger partial charge in [-0.05, 0) is 36.2 Å². The predicted molar refractivity (Wildman–Crippen MR) is 96.1 cm³/mol. The maximum atomic E-state index is 12.7. The number of amides is 2. The summed E-state index contributed by atoms with van der Waals surface area (Å²) in [5, 5.41) is 13.9. The van der Waals surface area contributed by atoms with Crippen LogP contribution < -0.4 is 10.6 Å². The smallest absolute Gasteiger partial charge is 0.416 e. The van der Waals surface area contributed by atoms with E-state index in [0.717, 1.165) is 18.2 Å². The Bertz CT molecular complexity index is 910. The Morgan fingerprint density at radius 1 is 1.00 bits per heavy atom. The summed E-state index contributed by atoms with van der Waals surface area (Å²) in [4.78, 5) is 35.5. The van der Waals surface area contributed by atoms with Crippen LogP contribution in [0.1, 0.15) is 34.8 Å². The second-order valence-corrected chi connectivity index (χ2v) is 5.85. The lowest BCUT2D eigenvalue weighted by molar-refractivity contribution is -0.137. The fourth-order valence-electron chi connectivity index (χ4n) is 2.57. The summed E-state index contributed by atoms with van der Waals surface area (Å²) < 4.78 is 38.1. The molecular formula is C19H17F3N2O4. The Morgan fingerprint density at radius 2 is 1.64 bits per heavy atom. The van der Waals surface area contributed by atoms with Gasteiger partial charge in [0.05, 0.1) is 16.8 Å². The van der Waals surface area contributed by atoms with Crippen molar-refractivity contribution in [3.63, 3.8) is 0 Å². The van der Waals surface area contributed by atoms with Crippen molar-refractivity contribution in [3.8, 4) is 0 Å². The zero-order valence-corrected chi connectivity index (χ0v) is 14.8. The van der Waals surface area contributed by atoms with E-state index >= 15 is 0 Å². The monoisotopic (exact) mass is 394 g/mol. The third-order valence-corrected chi connectivity index (χ3v) is 3.81. The van der Waals surface area contributed by atoms with Crippen molar-refractivity contribution in [3.05, 3.63) is 59.2 Å². The topological polar surface area (TPSA) is 95.5 Å². The molecule has 0 aromatic heterocycles. The van der Waals surface area contributed by atoms with E-state index in [1.165, 1.54) is 12.1 Å². The highest BCUT2D eigenvalue weighted by Crippen LogP contribution is 2.30. The molecule has 0 spiro atoms. The van der Waals surface area contributed by atoms with Crippen molar-refractivity contribution >= 4 is 29.2 Å². The van der Waals surface area contributed by atoms with Crippen LogP contribution in [0.25, 0.3) is 0 Å². The first-order chi connectivity index (χ1) is 13.1. The van der Waals surface area contributed by atoms with E-state index in [4.69, 9.17) is 0 Å². The van der Waals surface area contributed by atoms with Crippen LogP contribution >= 0.6 is 0 Å². The molecule has 0 aliphatic rings. The Labute approximate surface area is 158 Å². The highest BCUT2D eigenvalue weighted by Gasteiger charge is 2.30. The third-order valence-electron chi connectivity index (χ3n) is 3.81. The predicted octanol–water partition coefficient (Wildman–Crippen LogP) is 3.93. The summed E-state index contributed by atoms with van der Waals surface area (Å²) in [6.45, 7) is 1.76. The minimum Gasteiger partial charge on any atom is -0.478 e. The molecule has 0 heterocycles. The molecule has 2 aromatic carbocycles. The number of halogens is 3. The van der Waals surface area contributed by atoms with Crippen LogP contribution in [-0.4, -0.2) is 22.9 Å². The summed E-state index contributed by atoms with van der Waals surface area (Å²) in [7, 11) is 0. The van der Waals surface area contributed by atoms with Crippen molar-refractivity contribution in [1.29, 1.82) is 0 Å². The van der Waals surface area contributed by atoms with Crippen LogP contribution in [0.5, 0.6) is 0 Å². The number of rotatable bonds is 6. The zero-order chi connectivity index (χ0) is 20.9. The molecule has 0 saturated heterocycles. The molecule has 2 amide bonds. The van der Waals surface area contributed by atoms with Gasteiger partial charge >= 0.3 is 12.1 Å². The lowest BCUT2D eigenvalue weighted by Gasteiger charge is -2.12. The number of hydrogen-bond donors (Lipinski definition) is 3. The van der Waals surface area contributed by atoms with Gasteiger partial charge in [-0.25, -0.2) is 4.79 Å². The van der Waals surface area contributed by atoms with Gasteiger partial charge in [0.2, 0.25) is 11.8 Å². The molecule has 0 bridgehead atoms. The number of carboxylic acid groups (broad SMARTS) is 1. The maximum Gasteiger partial charge on any atom is 0.416 e. The average Bonchev–Trinajstić information content (AvgIpc) is 2.60. The van der Waals surface area contributed by atoms with E-state index in [9.17, 15) is 32.7 Å². The molecular weight excluding hydrogens is 377 g/mol. The molecule has 9 heteroatoms. The number of benzene rings is 2. The van der Waals surface area contributed by atoms with Crippen molar-refractivity contribution in [1.82, 2.24) is 0 Å². The molecule has 3 N–H and O–H groups in total. The second kappa shape index (κ2) is 8.55. The number of hydrogen-bond acceptors (Lipinski definition) is 3. The summed E-state index contributed by atoms with van der Waals surface area (Å²) >= 11 is 0. The van der Waals surface area contributed by atoms with Gasteiger partial charge in [-0.2, -0.15) is 13.2 Å². The average molecular weight is 394 g/mol. The molecule has 0 fully saturated rings. The van der Waals surface area contributed by atoms with Gasteiger partial charge in [0.25, 0.3) is 0 Å². The Balaban J connectivity index is 2.06. The number of carboxylic acids is 1. The number of carbonyl (C=O) groups is 3. The molecule has 0 saturated carbocycles. The summed E-state index contributed by atoms with van der Waals surface area (Å²) in [6.07, 6.45) is -4.82. The van der Waals surface area contributed by atoms with E-state index < -0.39 is 35.9 Å². The molecule has 0 radical (unpaired) electrons. The number of anilines is 2. The van der Waals surface area contributed by atoms with Crippen molar-refractivity contribution in [2.75, 3.05) is 10.6 Å². The molecule has 0 atom stereocenters. The molecule has 148 valence electrons. The van der Waals surface area contributed by atoms with Crippen LogP contribution in [0.3, 0.4) is 0 Å². The van der Waals surface area contributed by atoms with Crippen molar-refractivity contribution in [2.24, 2.45) is 0 Å².